The van der Waals surface area contributed by atoms with Crippen molar-refractivity contribution >= 4 is 106 Å². The van der Waals surface area contributed by atoms with Crippen LogP contribution in [0.2, 0.25) is 0 Å². The summed E-state index contributed by atoms with van der Waals surface area (Å²) in [5.41, 5.74) is 9.13. The van der Waals surface area contributed by atoms with Gasteiger partial charge in [-0.2, -0.15) is 23.5 Å². The molecule has 0 saturated heterocycles. The number of hydrogen-bond donors (Lipinski definition) is 16. The number of fused-ring (bicyclic) bond motifs is 6. The van der Waals surface area contributed by atoms with Gasteiger partial charge >= 0.3 is 11.9 Å². The minimum atomic E-state index is -2.03. The molecule has 3 aromatic carbocycles. The number of aliphatic carboxylic acids is 2. The maximum atomic E-state index is 15.2. The number of carboxylic acid groups (broad SMARTS) is 2. The van der Waals surface area contributed by atoms with E-state index in [2.05, 4.69) is 68.0 Å². The van der Waals surface area contributed by atoms with Crippen LogP contribution in [0.4, 0.5) is 0 Å². The van der Waals surface area contributed by atoms with Crippen LogP contribution in [0.1, 0.15) is 113 Å². The van der Waals surface area contributed by atoms with E-state index < -0.39 is 151 Å². The number of para-hydroxylation sites is 1. The molecule has 33 heteroatoms. The zero-order valence-electron chi connectivity index (χ0n) is 56.3. The molecule has 7 rings (SSSR count). The van der Waals surface area contributed by atoms with E-state index in [4.69, 9.17) is 15.3 Å². The molecule has 17 N–H and O–H groups in total. The average molecular weight is 1440 g/mol. The summed E-state index contributed by atoms with van der Waals surface area (Å²) in [4.78, 5) is 169. The maximum absolute atomic E-state index is 15.2. The number of carbonyl (C=O) groups excluding carboxylic acids is 9. The number of nitrogens with zero attached hydrogens (tertiary/aromatic N) is 2. The highest BCUT2D eigenvalue weighted by molar-refractivity contribution is 7.98. The maximum Gasteiger partial charge on any atom is 0.303 e. The van der Waals surface area contributed by atoms with Gasteiger partial charge in [-0.1, -0.05) is 55.4 Å². The summed E-state index contributed by atoms with van der Waals surface area (Å²) in [5.74, 6) is -10.2. The zero-order chi connectivity index (χ0) is 73.0. The first-order valence-electron chi connectivity index (χ1n) is 33.3. The number of aliphatic hydroxyl groups is 1. The summed E-state index contributed by atoms with van der Waals surface area (Å²) >= 11 is 2.46. The van der Waals surface area contributed by atoms with Gasteiger partial charge in [-0.05, 0) is 123 Å². The molecule has 546 valence electrons. The molecule has 4 heterocycles. The minimum Gasteiger partial charge on any atom is -0.508 e. The lowest BCUT2D eigenvalue weighted by Crippen LogP contribution is -2.62. The van der Waals surface area contributed by atoms with Crippen LogP contribution in [0.3, 0.4) is 0 Å². The number of aromatic hydroxyl groups is 1. The van der Waals surface area contributed by atoms with E-state index in [9.17, 15) is 58.8 Å². The Hall–Kier alpha value is -9.73. The van der Waals surface area contributed by atoms with E-state index in [1.807, 2.05) is 32.0 Å². The van der Waals surface area contributed by atoms with Crippen molar-refractivity contribution in [2.75, 3.05) is 24.7 Å². The van der Waals surface area contributed by atoms with Crippen LogP contribution in [0.15, 0.2) is 90.6 Å². The number of phenolic OH excluding ortho intramolecular Hbond substituents is 1. The van der Waals surface area contributed by atoms with E-state index in [-0.39, 0.29) is 67.0 Å². The number of H-pyrrole nitrogens is 2. The quantitative estimate of drug-likeness (QED) is 0.0667. The van der Waals surface area contributed by atoms with Crippen molar-refractivity contribution < 1.29 is 82.7 Å². The number of carbonyl (C=O) groups is 11. The average Bonchev–Trinajstić information content (AvgIpc) is 1.74. The van der Waals surface area contributed by atoms with E-state index in [1.165, 1.54) is 67.2 Å². The SMILES string of the molecule is CC(C)CC[C@@H]1NC(=O)/C=N/OCCCCCCOc2cc3cc(c2)CSC[C@H](NC1=O)C(=O)NC(Cc1ccc(O)cc1)C(=O)N[C@@H](CCC(=O)O)[C@H](O)N[C@@H](Cc1c[nH]c2ccccc12)C(=O)N[C@H](CCC(=O)O)C(=O)N[C@@H](Cc1cnc[nH]1)C(=O)N[C@@H](C)C(=O)N[C@H](C(N)=O)CSC3. The van der Waals surface area contributed by atoms with Crippen LogP contribution in [-0.4, -0.2) is 192 Å². The molecule has 1 unspecified atom stereocenters. The standard InChI is InChI=1S/C68H90N14O17S2/c1-38(2)12-17-49-62(91)82-56-36-101-34-42-24-41(25-46(26-42)98-22-8-4-5-9-23-99-73-32-57(84)75-49)33-100-35-55(60(69)89)81-61(90)39(3)74-65(94)54(29-44-31-70-37-72-44)80-64(93)51(19-21-59(87)88)77-67(96)53(28-43-30-71-48-11-7-6-10-47(43)48)79-63(92)50(18-20-58(85)86)76-66(95)52(78-68(56)97)27-40-13-15-45(83)16-14-40/h6-7,10-11,13-16,24-26,30-32,37-39,49-56,63,71,79,83,92H,4-5,8-9,12,17-23,27-29,33-36H2,1-3H3,(H2,69,89)(H,70,72)(H,74,94)(H,75,84)(H,76,95)(H,77,96)(H,78,97)(H,80,93)(H,81,90)(H,82,91)(H,85,86)(H,87,88)/b73-32+/t39-,49-,50-,51+,52?,53-,54-,55-,56-,63-/m0/s1. The number of hydrogen-bond acceptors (Lipinski definition) is 20. The molecule has 4 bridgehead atoms. The molecule has 10 atom stereocenters. The van der Waals surface area contributed by atoms with Crippen LogP contribution < -0.4 is 58.3 Å². The van der Waals surface area contributed by atoms with E-state index >= 15 is 14.4 Å². The first-order valence-corrected chi connectivity index (χ1v) is 35.7. The van der Waals surface area contributed by atoms with Crippen LogP contribution in [0.25, 0.3) is 10.9 Å². The number of aliphatic hydroxyl groups excluding tert-OH is 1. The topological polar surface area (TPSA) is 478 Å². The Labute approximate surface area is 591 Å². The molecule has 2 aliphatic heterocycles. The number of carboxylic acids is 2. The fourth-order valence-corrected chi connectivity index (χ4v) is 13.0. The number of aromatic amines is 2. The first-order chi connectivity index (χ1) is 48.4. The second kappa shape index (κ2) is 39.9. The molecule has 0 aliphatic carbocycles. The predicted octanol–water partition coefficient (Wildman–Crippen LogP) is 1.59. The molecule has 31 nitrogen and oxygen atoms in total. The molecule has 101 heavy (non-hydrogen) atoms. The number of nitrogens with one attached hydrogen (secondary N) is 11. The number of primary amides is 1. The van der Waals surface area contributed by atoms with Gasteiger partial charge in [0.2, 0.25) is 47.3 Å². The molecule has 0 spiro atoms. The third kappa shape index (κ3) is 26.4. The highest BCUT2D eigenvalue weighted by atomic mass is 32.2. The molecule has 9 amide bonds. The Bertz CT molecular complexity index is 3670. The Morgan fingerprint density at radius 1 is 0.644 bits per heavy atom. The first kappa shape index (κ1) is 78.6. The van der Waals surface area contributed by atoms with Crippen molar-refractivity contribution in [2.24, 2.45) is 16.8 Å². The van der Waals surface area contributed by atoms with Gasteiger partial charge in [-0.15, -0.1) is 0 Å². The number of phenols is 1. The van der Waals surface area contributed by atoms with Gasteiger partial charge in [-0.25, -0.2) is 4.98 Å². The highest BCUT2D eigenvalue weighted by Crippen LogP contribution is 2.27. The predicted molar refractivity (Wildman–Crippen MR) is 374 cm³/mol. The summed E-state index contributed by atoms with van der Waals surface area (Å²) in [6, 6.07) is 4.79. The summed E-state index contributed by atoms with van der Waals surface area (Å²) in [7, 11) is 0. The third-order valence-corrected chi connectivity index (χ3v) is 18.8. The molecule has 2 aromatic heterocycles. The molecule has 5 aromatic rings. The van der Waals surface area contributed by atoms with Gasteiger partial charge in [-0.3, -0.25) is 58.1 Å². The minimum absolute atomic E-state index is 0.0468. The Balaban J connectivity index is 1.32. The smallest absolute Gasteiger partial charge is 0.303 e. The lowest BCUT2D eigenvalue weighted by atomic mass is 10.0. The van der Waals surface area contributed by atoms with E-state index in [1.54, 1.807) is 30.5 Å². The molecule has 2 aliphatic rings. The van der Waals surface area contributed by atoms with Crippen molar-refractivity contribution in [2.45, 2.75) is 176 Å². The Morgan fingerprint density at radius 2 is 1.27 bits per heavy atom. The Morgan fingerprint density at radius 3 is 1.96 bits per heavy atom. The third-order valence-electron chi connectivity index (χ3n) is 16.6. The normalized spacial score (nSPS) is 24.1. The van der Waals surface area contributed by atoms with Crippen molar-refractivity contribution in [3.05, 3.63) is 113 Å². The monoisotopic (exact) mass is 1440 g/mol. The van der Waals surface area contributed by atoms with Crippen molar-refractivity contribution in [1.29, 1.82) is 0 Å². The van der Waals surface area contributed by atoms with Gasteiger partial charge in [0.25, 0.3) is 5.91 Å². The van der Waals surface area contributed by atoms with Crippen molar-refractivity contribution in [3.63, 3.8) is 0 Å². The summed E-state index contributed by atoms with van der Waals surface area (Å²) in [6.45, 7) is 5.70. The number of aromatic nitrogens is 3. The molecule has 0 saturated carbocycles. The number of nitrogens with two attached hydrogens (primary N) is 1. The number of thioether (sulfide) groups is 2. The fraction of sp³-hybridized carbons (Fsp3) is 0.485. The van der Waals surface area contributed by atoms with Crippen LogP contribution in [0.5, 0.6) is 11.5 Å². The number of ether oxygens (including phenoxy) is 1. The van der Waals surface area contributed by atoms with Gasteiger partial charge in [0.1, 0.15) is 72.8 Å². The van der Waals surface area contributed by atoms with Crippen LogP contribution in [-0.2, 0) is 88.3 Å². The van der Waals surface area contributed by atoms with Crippen molar-refractivity contribution in [3.8, 4) is 11.5 Å². The van der Waals surface area contributed by atoms with Gasteiger partial charge in [0, 0.05) is 77.7 Å². The Kier molecular flexibility index (Phi) is 31.1. The fourth-order valence-electron chi connectivity index (χ4n) is 11.0. The highest BCUT2D eigenvalue weighted by Gasteiger charge is 2.37. The summed E-state index contributed by atoms with van der Waals surface area (Å²) < 4.78 is 6.29. The molecular weight excluding hydrogens is 1350 g/mol. The largest absolute Gasteiger partial charge is 0.508 e. The van der Waals surface area contributed by atoms with Gasteiger partial charge in [0.15, 0.2) is 0 Å². The van der Waals surface area contributed by atoms with Crippen LogP contribution >= 0.6 is 23.5 Å². The number of benzene rings is 3. The second-order valence-corrected chi connectivity index (χ2v) is 27.2. The second-order valence-electron chi connectivity index (χ2n) is 25.2. The van der Waals surface area contributed by atoms with Crippen molar-refractivity contribution in [1.82, 2.24) is 62.8 Å². The van der Waals surface area contributed by atoms with Crippen LogP contribution in [0, 0.1) is 5.92 Å². The number of amides is 9. The van der Waals surface area contributed by atoms with Gasteiger partial charge in [0.05, 0.1) is 25.0 Å². The number of oxime groups is 1. The number of imidazole rings is 1. The number of rotatable bonds is 16. The van der Waals surface area contributed by atoms with E-state index in [0.717, 1.165) is 24.6 Å². The molecular formula is C68H90N14O17S2. The van der Waals surface area contributed by atoms with Gasteiger partial charge < -0.3 is 88.2 Å². The summed E-state index contributed by atoms with van der Waals surface area (Å²) in [6.07, 6.45) is 3.23. The lowest BCUT2D eigenvalue weighted by Gasteiger charge is -2.31. The molecule has 0 radical (unpaired) electrons. The van der Waals surface area contributed by atoms with E-state index in [0.29, 0.717) is 64.9 Å². The summed E-state index contributed by atoms with van der Waals surface area (Å²) in [5, 5.41) is 71.2. The lowest BCUT2D eigenvalue weighted by molar-refractivity contribution is -0.139. The zero-order valence-corrected chi connectivity index (χ0v) is 58.0. The molecule has 0 fully saturated rings.